The van der Waals surface area contributed by atoms with Gasteiger partial charge in [-0.1, -0.05) is 37.3 Å². The van der Waals surface area contributed by atoms with E-state index < -0.39 is 10.0 Å². The molecule has 5 heteroatoms. The number of fused-ring (bicyclic) bond motifs is 1. The molecule has 1 N–H and O–H groups in total. The normalized spacial score (nSPS) is 20.3. The van der Waals surface area contributed by atoms with Gasteiger partial charge in [-0.05, 0) is 48.8 Å². The highest BCUT2D eigenvalue weighted by atomic mass is 32.2. The Kier molecular flexibility index (Phi) is 4.47. The van der Waals surface area contributed by atoms with Crippen LogP contribution in [0.3, 0.4) is 0 Å². The van der Waals surface area contributed by atoms with Gasteiger partial charge in [-0.15, -0.1) is 0 Å². The van der Waals surface area contributed by atoms with Crippen LogP contribution in [0.2, 0.25) is 0 Å². The second-order valence-corrected chi connectivity index (χ2v) is 7.58. The van der Waals surface area contributed by atoms with Crippen molar-refractivity contribution in [1.82, 2.24) is 9.62 Å². The molecule has 0 spiro atoms. The molecule has 2 aromatic carbocycles. The molecule has 1 aliphatic rings. The van der Waals surface area contributed by atoms with Crippen molar-refractivity contribution >= 4 is 20.8 Å². The van der Waals surface area contributed by atoms with E-state index in [9.17, 15) is 8.42 Å². The van der Waals surface area contributed by atoms with Crippen LogP contribution in [0.1, 0.15) is 19.8 Å². The summed E-state index contributed by atoms with van der Waals surface area (Å²) in [5.74, 6) is 0. The van der Waals surface area contributed by atoms with Crippen LogP contribution in [0.15, 0.2) is 47.4 Å². The Morgan fingerprint density at radius 1 is 1.18 bits per heavy atom. The molecule has 1 fully saturated rings. The van der Waals surface area contributed by atoms with Gasteiger partial charge in [0.25, 0.3) is 0 Å². The Hall–Kier alpha value is -1.43. The maximum absolute atomic E-state index is 12.6. The van der Waals surface area contributed by atoms with Gasteiger partial charge in [-0.2, -0.15) is 0 Å². The van der Waals surface area contributed by atoms with E-state index in [4.69, 9.17) is 0 Å². The van der Waals surface area contributed by atoms with Gasteiger partial charge in [-0.25, -0.2) is 13.1 Å². The van der Waals surface area contributed by atoms with Crippen LogP contribution < -0.4 is 4.72 Å². The average molecular weight is 318 g/mol. The zero-order chi connectivity index (χ0) is 15.6. The van der Waals surface area contributed by atoms with Crippen molar-refractivity contribution in [3.8, 4) is 0 Å². The number of benzene rings is 2. The maximum Gasteiger partial charge on any atom is 0.240 e. The molecule has 0 amide bonds. The van der Waals surface area contributed by atoms with Crippen molar-refractivity contribution in [2.75, 3.05) is 19.6 Å². The fourth-order valence-corrected chi connectivity index (χ4v) is 4.36. The first-order valence-electron chi connectivity index (χ1n) is 7.82. The molecule has 1 aliphatic heterocycles. The molecular formula is C17H22N2O2S. The van der Waals surface area contributed by atoms with E-state index in [1.165, 1.54) is 0 Å². The minimum absolute atomic E-state index is 0.00479. The first-order chi connectivity index (χ1) is 10.6. The Morgan fingerprint density at radius 3 is 2.73 bits per heavy atom. The number of nitrogens with zero attached hydrogens (tertiary/aromatic N) is 1. The Bertz CT molecular complexity index is 758. The zero-order valence-corrected chi connectivity index (χ0v) is 13.6. The van der Waals surface area contributed by atoms with Crippen LogP contribution in [-0.2, 0) is 10.0 Å². The molecule has 4 nitrogen and oxygen atoms in total. The van der Waals surface area contributed by atoms with Crippen molar-refractivity contribution in [2.24, 2.45) is 0 Å². The molecule has 0 unspecified atom stereocenters. The third kappa shape index (κ3) is 3.32. The number of sulfonamides is 1. The fourth-order valence-electron chi connectivity index (χ4n) is 3.06. The van der Waals surface area contributed by atoms with Gasteiger partial charge >= 0.3 is 0 Å². The summed E-state index contributed by atoms with van der Waals surface area (Å²) in [7, 11) is -3.46. The molecule has 0 aromatic heterocycles. The van der Waals surface area contributed by atoms with E-state index in [1.54, 1.807) is 12.1 Å². The van der Waals surface area contributed by atoms with Crippen molar-refractivity contribution in [2.45, 2.75) is 30.7 Å². The third-order valence-electron chi connectivity index (χ3n) is 4.31. The van der Waals surface area contributed by atoms with E-state index in [0.29, 0.717) is 4.90 Å². The summed E-state index contributed by atoms with van der Waals surface area (Å²) in [6.07, 6.45) is 1.95. The summed E-state index contributed by atoms with van der Waals surface area (Å²) in [5.41, 5.74) is 0. The Balaban J connectivity index is 1.81. The average Bonchev–Trinajstić information content (AvgIpc) is 2.54. The summed E-state index contributed by atoms with van der Waals surface area (Å²) in [4.78, 5) is 2.64. The van der Waals surface area contributed by atoms with Crippen molar-refractivity contribution < 1.29 is 8.42 Å². The highest BCUT2D eigenvalue weighted by molar-refractivity contribution is 7.89. The number of likely N-dealkylation sites (N-methyl/N-ethyl adjacent to an activating group) is 1. The van der Waals surface area contributed by atoms with Crippen molar-refractivity contribution in [3.05, 3.63) is 42.5 Å². The summed E-state index contributed by atoms with van der Waals surface area (Å²) in [6.45, 7) is 4.93. The lowest BCUT2D eigenvalue weighted by molar-refractivity contribution is 0.211. The SMILES string of the molecule is CCN1CCC[C@@H](NS(=O)(=O)c2ccc3ccccc3c2)C1. The lowest BCUT2D eigenvalue weighted by Crippen LogP contribution is -2.47. The molecule has 3 rings (SSSR count). The topological polar surface area (TPSA) is 49.4 Å². The molecule has 0 aliphatic carbocycles. The Labute approximate surface area is 132 Å². The third-order valence-corrected chi connectivity index (χ3v) is 5.82. The summed E-state index contributed by atoms with van der Waals surface area (Å²) < 4.78 is 28.1. The van der Waals surface area contributed by atoms with Gasteiger partial charge in [0.1, 0.15) is 0 Å². The lowest BCUT2D eigenvalue weighted by Gasteiger charge is -2.32. The number of hydrogen-bond acceptors (Lipinski definition) is 3. The summed E-state index contributed by atoms with van der Waals surface area (Å²) >= 11 is 0. The highest BCUT2D eigenvalue weighted by Crippen LogP contribution is 2.20. The van der Waals surface area contributed by atoms with Crippen LogP contribution in [0.5, 0.6) is 0 Å². The van der Waals surface area contributed by atoms with Gasteiger partial charge < -0.3 is 4.90 Å². The second kappa shape index (κ2) is 6.36. The van der Waals surface area contributed by atoms with E-state index >= 15 is 0 Å². The lowest BCUT2D eigenvalue weighted by atomic mass is 10.1. The van der Waals surface area contributed by atoms with Crippen LogP contribution >= 0.6 is 0 Å². The van der Waals surface area contributed by atoms with Gasteiger partial charge in [0.2, 0.25) is 10.0 Å². The monoisotopic (exact) mass is 318 g/mol. The van der Waals surface area contributed by atoms with E-state index in [-0.39, 0.29) is 6.04 Å². The molecule has 0 saturated carbocycles. The van der Waals surface area contributed by atoms with Crippen LogP contribution in [0, 0.1) is 0 Å². The minimum atomic E-state index is -3.46. The number of nitrogens with one attached hydrogen (secondary N) is 1. The Morgan fingerprint density at radius 2 is 1.95 bits per heavy atom. The number of hydrogen-bond donors (Lipinski definition) is 1. The van der Waals surface area contributed by atoms with E-state index in [1.807, 2.05) is 30.3 Å². The smallest absolute Gasteiger partial charge is 0.240 e. The van der Waals surface area contributed by atoms with Gasteiger partial charge in [-0.3, -0.25) is 0 Å². The molecule has 2 aromatic rings. The van der Waals surface area contributed by atoms with Crippen molar-refractivity contribution in [1.29, 1.82) is 0 Å². The molecule has 0 bridgehead atoms. The number of rotatable bonds is 4. The first kappa shape index (κ1) is 15.5. The summed E-state index contributed by atoms with van der Waals surface area (Å²) in [6, 6.07) is 13.1. The summed E-state index contributed by atoms with van der Waals surface area (Å²) in [5, 5.41) is 2.00. The minimum Gasteiger partial charge on any atom is -0.302 e. The predicted octanol–water partition coefficient (Wildman–Crippen LogP) is 2.60. The van der Waals surface area contributed by atoms with Gasteiger partial charge in [0.15, 0.2) is 0 Å². The molecule has 1 saturated heterocycles. The van der Waals surface area contributed by atoms with Gasteiger partial charge in [0, 0.05) is 12.6 Å². The fraction of sp³-hybridized carbons (Fsp3) is 0.412. The largest absolute Gasteiger partial charge is 0.302 e. The second-order valence-electron chi connectivity index (χ2n) is 5.86. The number of likely N-dealkylation sites (tertiary alicyclic amines) is 1. The zero-order valence-electron chi connectivity index (χ0n) is 12.8. The van der Waals surface area contributed by atoms with Gasteiger partial charge in [0.05, 0.1) is 4.90 Å². The molecule has 22 heavy (non-hydrogen) atoms. The van der Waals surface area contributed by atoms with E-state index in [0.717, 1.165) is 43.2 Å². The quantitative estimate of drug-likeness (QED) is 0.943. The van der Waals surface area contributed by atoms with Crippen LogP contribution in [0.4, 0.5) is 0 Å². The molecule has 1 heterocycles. The standard InChI is InChI=1S/C17H22N2O2S/c1-2-19-11-5-8-16(13-19)18-22(20,21)17-10-9-14-6-3-4-7-15(14)12-17/h3-4,6-7,9-10,12,16,18H,2,5,8,11,13H2,1H3/t16-/m1/s1. The molecule has 0 radical (unpaired) electrons. The van der Waals surface area contributed by atoms with Crippen molar-refractivity contribution in [3.63, 3.8) is 0 Å². The first-order valence-corrected chi connectivity index (χ1v) is 9.30. The molecule has 118 valence electrons. The molecular weight excluding hydrogens is 296 g/mol. The van der Waals surface area contributed by atoms with E-state index in [2.05, 4.69) is 16.5 Å². The maximum atomic E-state index is 12.6. The van der Waals surface area contributed by atoms with Crippen LogP contribution in [0.25, 0.3) is 10.8 Å². The van der Waals surface area contributed by atoms with Crippen LogP contribution in [-0.4, -0.2) is 39.0 Å². The number of piperidine rings is 1. The predicted molar refractivity (Wildman–Crippen MR) is 89.4 cm³/mol. The molecule has 1 atom stereocenters. The highest BCUT2D eigenvalue weighted by Gasteiger charge is 2.24.